The first-order chi connectivity index (χ1) is 14.3. The van der Waals surface area contributed by atoms with Crippen LogP contribution in [0.5, 0.6) is 0 Å². The first-order valence-electron chi connectivity index (χ1n) is 9.47. The van der Waals surface area contributed by atoms with Crippen molar-refractivity contribution >= 4 is 10.9 Å². The van der Waals surface area contributed by atoms with E-state index in [1.54, 1.807) is 12.4 Å². The molecule has 0 aliphatic heterocycles. The van der Waals surface area contributed by atoms with Gasteiger partial charge in [-0.2, -0.15) is 5.10 Å². The van der Waals surface area contributed by atoms with Crippen molar-refractivity contribution in [3.8, 4) is 11.4 Å². The quantitative estimate of drug-likeness (QED) is 0.502. The highest BCUT2D eigenvalue weighted by Gasteiger charge is 2.20. The summed E-state index contributed by atoms with van der Waals surface area (Å²) in [4.78, 5) is 20.3. The molecule has 2 aromatic carbocycles. The summed E-state index contributed by atoms with van der Waals surface area (Å²) < 4.78 is 3.95. The van der Waals surface area contributed by atoms with Crippen molar-refractivity contribution in [3.05, 3.63) is 107 Å². The number of nitrogens with zero attached hydrogens (tertiary/aromatic N) is 4. The summed E-state index contributed by atoms with van der Waals surface area (Å²) >= 11 is 0. The van der Waals surface area contributed by atoms with Gasteiger partial charge in [0, 0.05) is 30.3 Å². The summed E-state index contributed by atoms with van der Waals surface area (Å²) in [7, 11) is 0. The molecule has 3 aromatic heterocycles. The smallest absolute Gasteiger partial charge is 0.259 e. The Hall–Kier alpha value is -3.93. The van der Waals surface area contributed by atoms with E-state index in [0.29, 0.717) is 17.9 Å². The highest BCUT2D eigenvalue weighted by atomic mass is 16.1. The SMILES string of the molecule is O=c1[nH]c2ccccc2cc1-c1nccn1C(Cn1cccn1)c1ccccc1. The zero-order chi connectivity index (χ0) is 19.6. The van der Waals surface area contributed by atoms with E-state index in [4.69, 9.17) is 0 Å². The Kier molecular flexibility index (Phi) is 4.29. The molecule has 6 nitrogen and oxygen atoms in total. The molecular formula is C23H19N5O. The maximum atomic E-state index is 12.8. The van der Waals surface area contributed by atoms with Gasteiger partial charge in [-0.15, -0.1) is 0 Å². The van der Waals surface area contributed by atoms with Crippen LogP contribution >= 0.6 is 0 Å². The highest BCUT2D eigenvalue weighted by molar-refractivity contribution is 5.82. The number of aromatic nitrogens is 5. The molecule has 142 valence electrons. The molecular weight excluding hydrogens is 362 g/mol. The second-order valence-electron chi connectivity index (χ2n) is 6.91. The van der Waals surface area contributed by atoms with Crippen molar-refractivity contribution in [2.45, 2.75) is 12.6 Å². The fourth-order valence-corrected chi connectivity index (χ4v) is 3.70. The number of hydrogen-bond acceptors (Lipinski definition) is 3. The number of fused-ring (bicyclic) bond motifs is 1. The van der Waals surface area contributed by atoms with Gasteiger partial charge in [-0.25, -0.2) is 4.98 Å². The van der Waals surface area contributed by atoms with Crippen LogP contribution in [0, 0.1) is 0 Å². The summed E-state index contributed by atoms with van der Waals surface area (Å²) in [6.07, 6.45) is 7.37. The second-order valence-corrected chi connectivity index (χ2v) is 6.91. The molecule has 1 atom stereocenters. The van der Waals surface area contributed by atoms with Crippen LogP contribution in [0.2, 0.25) is 0 Å². The minimum atomic E-state index is -0.151. The fraction of sp³-hybridized carbons (Fsp3) is 0.0870. The van der Waals surface area contributed by atoms with Gasteiger partial charge in [0.25, 0.3) is 5.56 Å². The van der Waals surface area contributed by atoms with E-state index in [9.17, 15) is 4.79 Å². The van der Waals surface area contributed by atoms with Gasteiger partial charge in [0.15, 0.2) is 0 Å². The highest BCUT2D eigenvalue weighted by Crippen LogP contribution is 2.26. The largest absolute Gasteiger partial charge is 0.321 e. The molecule has 6 heteroatoms. The Morgan fingerprint density at radius 1 is 0.931 bits per heavy atom. The zero-order valence-corrected chi connectivity index (χ0v) is 15.6. The Morgan fingerprint density at radius 3 is 2.59 bits per heavy atom. The van der Waals surface area contributed by atoms with Crippen LogP contribution in [-0.2, 0) is 6.54 Å². The topological polar surface area (TPSA) is 68.5 Å². The number of pyridine rings is 1. The average Bonchev–Trinajstić information content (AvgIpc) is 3.44. The molecule has 0 aliphatic carbocycles. The van der Waals surface area contributed by atoms with Crippen molar-refractivity contribution in [2.24, 2.45) is 0 Å². The Bertz CT molecular complexity index is 1300. The summed E-state index contributed by atoms with van der Waals surface area (Å²) in [5.41, 5.74) is 2.34. The lowest BCUT2D eigenvalue weighted by atomic mass is 10.1. The lowest BCUT2D eigenvalue weighted by molar-refractivity contribution is 0.465. The van der Waals surface area contributed by atoms with Gasteiger partial charge in [0.2, 0.25) is 0 Å². The van der Waals surface area contributed by atoms with Crippen LogP contribution in [0.15, 0.2) is 96.3 Å². The van der Waals surface area contributed by atoms with Crippen LogP contribution in [0.1, 0.15) is 11.6 Å². The number of para-hydroxylation sites is 1. The number of imidazole rings is 1. The van der Waals surface area contributed by atoms with Gasteiger partial charge >= 0.3 is 0 Å². The molecule has 3 heterocycles. The van der Waals surface area contributed by atoms with Crippen LogP contribution in [0.25, 0.3) is 22.3 Å². The molecule has 0 aliphatic rings. The number of nitrogens with one attached hydrogen (secondary N) is 1. The van der Waals surface area contributed by atoms with Crippen molar-refractivity contribution < 1.29 is 0 Å². The summed E-state index contributed by atoms with van der Waals surface area (Å²) in [5, 5.41) is 5.34. The fourth-order valence-electron chi connectivity index (χ4n) is 3.70. The molecule has 5 aromatic rings. The number of benzene rings is 2. The van der Waals surface area contributed by atoms with Crippen LogP contribution in [-0.4, -0.2) is 24.3 Å². The Labute approximate surface area is 167 Å². The Balaban J connectivity index is 1.66. The zero-order valence-electron chi connectivity index (χ0n) is 15.6. The van der Waals surface area contributed by atoms with Crippen LogP contribution in [0.3, 0.4) is 0 Å². The lowest BCUT2D eigenvalue weighted by Crippen LogP contribution is -2.20. The predicted molar refractivity (Wildman–Crippen MR) is 113 cm³/mol. The monoisotopic (exact) mass is 381 g/mol. The second kappa shape index (κ2) is 7.24. The van der Waals surface area contributed by atoms with Gasteiger partial charge < -0.3 is 9.55 Å². The number of rotatable bonds is 5. The van der Waals surface area contributed by atoms with Crippen molar-refractivity contribution in [3.63, 3.8) is 0 Å². The van der Waals surface area contributed by atoms with E-state index < -0.39 is 0 Å². The minimum absolute atomic E-state index is 0.0560. The summed E-state index contributed by atoms with van der Waals surface area (Å²) in [6.45, 7) is 0.631. The van der Waals surface area contributed by atoms with E-state index >= 15 is 0 Å². The van der Waals surface area contributed by atoms with E-state index in [0.717, 1.165) is 16.5 Å². The van der Waals surface area contributed by atoms with Gasteiger partial charge in [-0.3, -0.25) is 9.48 Å². The van der Waals surface area contributed by atoms with E-state index in [2.05, 4.69) is 31.8 Å². The third kappa shape index (κ3) is 3.25. The lowest BCUT2D eigenvalue weighted by Gasteiger charge is -2.21. The molecule has 1 unspecified atom stereocenters. The normalized spacial score (nSPS) is 12.3. The maximum Gasteiger partial charge on any atom is 0.259 e. The standard InChI is InChI=1S/C23H19N5O/c29-23-19(15-18-9-4-5-10-20(18)26-23)22-24-12-14-28(22)21(16-27-13-6-11-25-27)17-7-2-1-3-8-17/h1-15,21H,16H2,(H,26,29). The number of aromatic amines is 1. The molecule has 0 saturated carbocycles. The van der Waals surface area contributed by atoms with Crippen LogP contribution in [0.4, 0.5) is 0 Å². The molecule has 1 N–H and O–H groups in total. The van der Waals surface area contributed by atoms with E-state index in [-0.39, 0.29) is 11.6 Å². The molecule has 29 heavy (non-hydrogen) atoms. The number of H-pyrrole nitrogens is 1. The summed E-state index contributed by atoms with van der Waals surface area (Å²) in [6, 6.07) is 21.7. The first-order valence-corrected chi connectivity index (χ1v) is 9.47. The maximum absolute atomic E-state index is 12.8. The molecule has 0 spiro atoms. The van der Waals surface area contributed by atoms with Gasteiger partial charge in [-0.05, 0) is 29.1 Å². The molecule has 0 amide bonds. The van der Waals surface area contributed by atoms with Crippen molar-refractivity contribution in [1.29, 1.82) is 0 Å². The minimum Gasteiger partial charge on any atom is -0.321 e. The molecule has 0 bridgehead atoms. The van der Waals surface area contributed by atoms with Crippen molar-refractivity contribution in [2.75, 3.05) is 0 Å². The Morgan fingerprint density at radius 2 is 1.76 bits per heavy atom. The summed E-state index contributed by atoms with van der Waals surface area (Å²) in [5.74, 6) is 0.637. The van der Waals surface area contributed by atoms with E-state index in [1.165, 1.54) is 0 Å². The van der Waals surface area contributed by atoms with E-state index in [1.807, 2.05) is 71.7 Å². The van der Waals surface area contributed by atoms with Crippen molar-refractivity contribution in [1.82, 2.24) is 24.3 Å². The average molecular weight is 381 g/mol. The molecule has 0 fully saturated rings. The third-order valence-electron chi connectivity index (χ3n) is 5.10. The first kappa shape index (κ1) is 17.2. The predicted octanol–water partition coefficient (Wildman–Crippen LogP) is 3.88. The van der Waals surface area contributed by atoms with Gasteiger partial charge in [0.05, 0.1) is 18.2 Å². The van der Waals surface area contributed by atoms with Gasteiger partial charge in [0.1, 0.15) is 5.82 Å². The molecule has 0 saturated heterocycles. The number of hydrogen-bond donors (Lipinski definition) is 1. The molecule has 0 radical (unpaired) electrons. The van der Waals surface area contributed by atoms with Gasteiger partial charge in [-0.1, -0.05) is 48.5 Å². The molecule has 5 rings (SSSR count). The van der Waals surface area contributed by atoms with Crippen LogP contribution < -0.4 is 5.56 Å². The third-order valence-corrected chi connectivity index (χ3v) is 5.10.